The zero-order chi connectivity index (χ0) is 21.0. The van der Waals surface area contributed by atoms with E-state index in [1.165, 1.54) is 0 Å². The van der Waals surface area contributed by atoms with Crippen LogP contribution in [0.3, 0.4) is 0 Å². The van der Waals surface area contributed by atoms with Crippen LogP contribution in [0.5, 0.6) is 11.5 Å². The summed E-state index contributed by atoms with van der Waals surface area (Å²) in [5.74, 6) is 1.13. The zero-order valence-electron chi connectivity index (χ0n) is 17.2. The van der Waals surface area contributed by atoms with E-state index in [1.54, 1.807) is 28.9 Å². The fourth-order valence-corrected chi connectivity index (χ4v) is 2.82. The van der Waals surface area contributed by atoms with Crippen LogP contribution in [-0.4, -0.2) is 39.1 Å². The molecule has 0 atom stereocenters. The van der Waals surface area contributed by atoms with Gasteiger partial charge in [0.2, 0.25) is 5.89 Å². The second-order valence-corrected chi connectivity index (χ2v) is 6.60. The lowest BCUT2D eigenvalue weighted by atomic mass is 10.2. The van der Waals surface area contributed by atoms with E-state index < -0.39 is 0 Å². The van der Waals surface area contributed by atoms with E-state index in [2.05, 4.69) is 20.6 Å². The predicted octanol–water partition coefficient (Wildman–Crippen LogP) is 3.87. The highest BCUT2D eigenvalue weighted by Gasteiger charge is 2.19. The number of hydrogen-bond acceptors (Lipinski definition) is 7. The highest BCUT2D eigenvalue weighted by atomic mass is 16.5. The van der Waals surface area contributed by atoms with Gasteiger partial charge in [-0.15, -0.1) is 5.10 Å². The van der Waals surface area contributed by atoms with Crippen LogP contribution in [0.4, 0.5) is 6.01 Å². The summed E-state index contributed by atoms with van der Waals surface area (Å²) >= 11 is 0. The van der Waals surface area contributed by atoms with Gasteiger partial charge < -0.3 is 13.9 Å². The first-order chi connectivity index (χ1) is 13.9. The first kappa shape index (κ1) is 20.4. The van der Waals surface area contributed by atoms with E-state index in [4.69, 9.17) is 13.9 Å². The topological polar surface area (TPSA) is 104 Å². The number of nitrogens with one attached hydrogen (secondary N) is 1. The number of ether oxygens (including phenoxy) is 2. The van der Waals surface area contributed by atoms with Gasteiger partial charge in [0, 0.05) is 11.6 Å². The molecule has 1 N–H and O–H groups in total. The van der Waals surface area contributed by atoms with E-state index in [-0.39, 0.29) is 23.9 Å². The molecule has 0 radical (unpaired) electrons. The number of benzene rings is 1. The maximum atomic E-state index is 12.6. The molecule has 0 spiro atoms. The summed E-state index contributed by atoms with van der Waals surface area (Å²) < 4.78 is 18.5. The standard InChI is InChI=1S/C20H25N5O4/c1-6-27-16-9-8-14(11-17(16)28-7-2)19-22-23-20(29-19)21-18(26)15-10-13(5)24-25(15)12(3)4/h8-12H,6-7H2,1-5H3,(H,21,23,26). The van der Waals surface area contributed by atoms with Gasteiger partial charge in [-0.3, -0.25) is 14.8 Å². The summed E-state index contributed by atoms with van der Waals surface area (Å²) in [6, 6.07) is 7.12. The van der Waals surface area contributed by atoms with Crippen LogP contribution in [0.1, 0.15) is 49.9 Å². The quantitative estimate of drug-likeness (QED) is 0.613. The average Bonchev–Trinajstić information content (AvgIpc) is 3.30. The Morgan fingerprint density at radius 1 is 1.14 bits per heavy atom. The molecule has 0 fully saturated rings. The second kappa shape index (κ2) is 8.76. The molecule has 2 aromatic heterocycles. The molecule has 1 aromatic carbocycles. The number of rotatable bonds is 8. The van der Waals surface area contributed by atoms with Crippen molar-refractivity contribution in [2.24, 2.45) is 0 Å². The number of anilines is 1. The molecule has 3 aromatic rings. The van der Waals surface area contributed by atoms with E-state index >= 15 is 0 Å². The highest BCUT2D eigenvalue weighted by molar-refractivity contribution is 6.02. The van der Waals surface area contributed by atoms with Crippen LogP contribution in [0.2, 0.25) is 0 Å². The molecule has 0 aliphatic carbocycles. The molecule has 154 valence electrons. The van der Waals surface area contributed by atoms with E-state index in [9.17, 15) is 4.79 Å². The average molecular weight is 399 g/mol. The minimum Gasteiger partial charge on any atom is -0.490 e. The lowest BCUT2D eigenvalue weighted by Crippen LogP contribution is -2.19. The molecule has 0 bridgehead atoms. The van der Waals surface area contributed by atoms with Crippen molar-refractivity contribution in [1.82, 2.24) is 20.0 Å². The lowest BCUT2D eigenvalue weighted by molar-refractivity contribution is 0.101. The van der Waals surface area contributed by atoms with Gasteiger partial charge in [-0.05, 0) is 58.9 Å². The van der Waals surface area contributed by atoms with Crippen LogP contribution in [-0.2, 0) is 0 Å². The fraction of sp³-hybridized carbons (Fsp3) is 0.400. The molecule has 9 heteroatoms. The van der Waals surface area contributed by atoms with Crippen molar-refractivity contribution in [3.8, 4) is 23.0 Å². The summed E-state index contributed by atoms with van der Waals surface area (Å²) in [4.78, 5) is 12.6. The molecule has 29 heavy (non-hydrogen) atoms. The van der Waals surface area contributed by atoms with Crippen molar-refractivity contribution in [3.05, 3.63) is 35.7 Å². The van der Waals surface area contributed by atoms with Gasteiger partial charge in [0.05, 0.1) is 18.9 Å². The molecule has 1 amide bonds. The van der Waals surface area contributed by atoms with Gasteiger partial charge in [-0.25, -0.2) is 0 Å². The third-order valence-electron chi connectivity index (χ3n) is 4.02. The van der Waals surface area contributed by atoms with Crippen molar-refractivity contribution in [2.45, 2.75) is 40.7 Å². The third kappa shape index (κ3) is 4.56. The van der Waals surface area contributed by atoms with Crippen molar-refractivity contribution in [2.75, 3.05) is 18.5 Å². The van der Waals surface area contributed by atoms with Crippen molar-refractivity contribution >= 4 is 11.9 Å². The molecule has 9 nitrogen and oxygen atoms in total. The molecular formula is C20H25N5O4. The molecular weight excluding hydrogens is 374 g/mol. The zero-order valence-corrected chi connectivity index (χ0v) is 17.2. The van der Waals surface area contributed by atoms with Gasteiger partial charge in [-0.2, -0.15) is 5.10 Å². The lowest BCUT2D eigenvalue weighted by Gasteiger charge is -2.11. The number of carbonyl (C=O) groups is 1. The number of nitrogens with zero attached hydrogens (tertiary/aromatic N) is 4. The predicted molar refractivity (Wildman–Crippen MR) is 107 cm³/mol. The van der Waals surface area contributed by atoms with Gasteiger partial charge in [-0.1, -0.05) is 5.10 Å². The monoisotopic (exact) mass is 399 g/mol. The minimum absolute atomic E-state index is 0.00556. The number of amides is 1. The van der Waals surface area contributed by atoms with Gasteiger partial charge in [0.25, 0.3) is 5.91 Å². The Bertz CT molecular complexity index is 993. The Kier molecular flexibility index (Phi) is 6.16. The van der Waals surface area contributed by atoms with Gasteiger partial charge >= 0.3 is 6.01 Å². The number of carbonyl (C=O) groups excluding carboxylic acids is 1. The van der Waals surface area contributed by atoms with E-state index in [0.29, 0.717) is 36.0 Å². The maximum Gasteiger partial charge on any atom is 0.322 e. The summed E-state index contributed by atoms with van der Waals surface area (Å²) in [6.45, 7) is 10.6. The van der Waals surface area contributed by atoms with Gasteiger partial charge in [0.15, 0.2) is 11.5 Å². The number of aryl methyl sites for hydroxylation is 1. The van der Waals surface area contributed by atoms with Crippen LogP contribution < -0.4 is 14.8 Å². The Hall–Kier alpha value is -3.36. The third-order valence-corrected chi connectivity index (χ3v) is 4.02. The van der Waals surface area contributed by atoms with E-state index in [0.717, 1.165) is 5.69 Å². The smallest absolute Gasteiger partial charge is 0.322 e. The van der Waals surface area contributed by atoms with E-state index in [1.807, 2.05) is 34.6 Å². The van der Waals surface area contributed by atoms with Crippen molar-refractivity contribution in [1.29, 1.82) is 0 Å². The number of aromatic nitrogens is 4. The van der Waals surface area contributed by atoms with Gasteiger partial charge in [0.1, 0.15) is 5.69 Å². The van der Waals surface area contributed by atoms with Crippen molar-refractivity contribution < 1.29 is 18.7 Å². The molecule has 0 aliphatic rings. The molecule has 2 heterocycles. The summed E-state index contributed by atoms with van der Waals surface area (Å²) in [6.07, 6.45) is 0. The van der Waals surface area contributed by atoms with Crippen LogP contribution in [0.15, 0.2) is 28.7 Å². The molecule has 0 saturated carbocycles. The maximum absolute atomic E-state index is 12.6. The van der Waals surface area contributed by atoms with Crippen LogP contribution in [0, 0.1) is 6.92 Å². The Labute approximate surface area is 169 Å². The summed E-state index contributed by atoms with van der Waals surface area (Å²) in [7, 11) is 0. The first-order valence-corrected chi connectivity index (χ1v) is 9.53. The summed E-state index contributed by atoms with van der Waals surface area (Å²) in [5, 5.41) is 14.9. The second-order valence-electron chi connectivity index (χ2n) is 6.60. The molecule has 3 rings (SSSR count). The van der Waals surface area contributed by atoms with Crippen molar-refractivity contribution in [3.63, 3.8) is 0 Å². The SMILES string of the molecule is CCOc1ccc(-c2nnc(NC(=O)c3cc(C)nn3C(C)C)o2)cc1OCC. The van der Waals surface area contributed by atoms with Crippen LogP contribution >= 0.6 is 0 Å². The summed E-state index contributed by atoms with van der Waals surface area (Å²) in [5.41, 5.74) is 1.85. The molecule has 0 aliphatic heterocycles. The first-order valence-electron chi connectivity index (χ1n) is 9.53. The fourth-order valence-electron chi connectivity index (χ4n) is 2.82. The number of hydrogen-bond donors (Lipinski definition) is 1. The normalized spacial score (nSPS) is 11.0. The Morgan fingerprint density at radius 2 is 1.86 bits per heavy atom. The highest BCUT2D eigenvalue weighted by Crippen LogP contribution is 2.32. The van der Waals surface area contributed by atoms with Crippen LogP contribution in [0.25, 0.3) is 11.5 Å². The molecule has 0 unspecified atom stereocenters. The minimum atomic E-state index is -0.365. The largest absolute Gasteiger partial charge is 0.490 e. The Morgan fingerprint density at radius 3 is 2.55 bits per heavy atom. The molecule has 0 saturated heterocycles. The Balaban J connectivity index is 1.81.